The molecule has 0 N–H and O–H groups in total. The Morgan fingerprint density at radius 2 is 1.48 bits per heavy atom. The third-order valence-electron chi connectivity index (χ3n) is 7.08. The van der Waals surface area contributed by atoms with Crippen molar-refractivity contribution in [3.05, 3.63) is 59.9 Å². The van der Waals surface area contributed by atoms with Crippen LogP contribution in [0.2, 0.25) is 0 Å². The van der Waals surface area contributed by atoms with E-state index >= 15 is 0 Å². The summed E-state index contributed by atoms with van der Waals surface area (Å²) in [6, 6.07) is 14.3. The van der Waals surface area contributed by atoms with E-state index in [0.29, 0.717) is 61.7 Å². The first-order chi connectivity index (χ1) is 16.0. The molecule has 2 fully saturated rings. The molecule has 0 amide bonds. The zero-order chi connectivity index (χ0) is 22.8. The summed E-state index contributed by atoms with van der Waals surface area (Å²) in [5.74, 6) is 0.828. The number of hydrogen-bond acceptors (Lipinski definition) is 5. The van der Waals surface area contributed by atoms with Crippen molar-refractivity contribution in [1.82, 2.24) is 9.21 Å². The van der Waals surface area contributed by atoms with Crippen molar-refractivity contribution < 1.29 is 12.8 Å². The number of guanidine groups is 1. The monoisotopic (exact) mass is 470 g/mol. The second-order valence-corrected chi connectivity index (χ2v) is 11.0. The first-order valence-electron chi connectivity index (χ1n) is 12.0. The highest BCUT2D eigenvalue weighted by molar-refractivity contribution is 7.89. The first-order valence-corrected chi connectivity index (χ1v) is 13.4. The number of sulfonamides is 1. The Hall–Kier alpha value is -2.61. The molecule has 1 aliphatic carbocycles. The summed E-state index contributed by atoms with van der Waals surface area (Å²) in [4.78, 5) is 8.87. The van der Waals surface area contributed by atoms with Crippen LogP contribution in [0.3, 0.4) is 0 Å². The molecule has 8 heteroatoms. The van der Waals surface area contributed by atoms with E-state index in [1.165, 1.54) is 48.0 Å². The molecule has 0 bridgehead atoms. The van der Waals surface area contributed by atoms with Gasteiger partial charge in [0.1, 0.15) is 5.82 Å². The SMILES string of the molecule is O=S(=O)(c1ccc(C2CCCCC2)cc1)N1CCN=C1N1CCN(c2ccccc2F)CC1. The second kappa shape index (κ2) is 9.33. The summed E-state index contributed by atoms with van der Waals surface area (Å²) < 4.78 is 42.5. The zero-order valence-electron chi connectivity index (χ0n) is 18.9. The van der Waals surface area contributed by atoms with E-state index < -0.39 is 10.0 Å². The maximum Gasteiger partial charge on any atom is 0.266 e. The van der Waals surface area contributed by atoms with Gasteiger partial charge in [0.05, 0.1) is 23.7 Å². The van der Waals surface area contributed by atoms with Gasteiger partial charge in [-0.3, -0.25) is 4.99 Å². The van der Waals surface area contributed by atoms with Crippen LogP contribution in [0.4, 0.5) is 10.1 Å². The fraction of sp³-hybridized carbons (Fsp3) is 0.480. The number of benzene rings is 2. The lowest BCUT2D eigenvalue weighted by Crippen LogP contribution is -2.53. The van der Waals surface area contributed by atoms with Gasteiger partial charge < -0.3 is 9.80 Å². The van der Waals surface area contributed by atoms with Crippen LogP contribution in [0, 0.1) is 5.82 Å². The highest BCUT2D eigenvalue weighted by atomic mass is 32.2. The van der Waals surface area contributed by atoms with Gasteiger partial charge in [-0.15, -0.1) is 0 Å². The van der Waals surface area contributed by atoms with Gasteiger partial charge in [-0.25, -0.2) is 17.1 Å². The van der Waals surface area contributed by atoms with Crippen molar-refractivity contribution in [2.24, 2.45) is 4.99 Å². The Kier molecular flexibility index (Phi) is 6.27. The summed E-state index contributed by atoms with van der Waals surface area (Å²) in [7, 11) is -3.67. The van der Waals surface area contributed by atoms with Gasteiger partial charge in [-0.2, -0.15) is 0 Å². The molecule has 0 unspecified atom stereocenters. The molecule has 176 valence electrons. The molecule has 33 heavy (non-hydrogen) atoms. The molecule has 0 spiro atoms. The van der Waals surface area contributed by atoms with Crippen LogP contribution in [0.1, 0.15) is 43.6 Å². The zero-order valence-corrected chi connectivity index (χ0v) is 19.7. The van der Waals surface area contributed by atoms with E-state index in [4.69, 9.17) is 0 Å². The lowest BCUT2D eigenvalue weighted by molar-refractivity contribution is 0.356. The van der Waals surface area contributed by atoms with Crippen LogP contribution in [0.5, 0.6) is 0 Å². The van der Waals surface area contributed by atoms with E-state index in [2.05, 4.69) is 4.99 Å². The lowest BCUT2D eigenvalue weighted by Gasteiger charge is -2.39. The number of hydrogen-bond donors (Lipinski definition) is 0. The van der Waals surface area contributed by atoms with Gasteiger partial charge in [0.15, 0.2) is 0 Å². The largest absolute Gasteiger partial charge is 0.366 e. The van der Waals surface area contributed by atoms with Crippen molar-refractivity contribution in [3.8, 4) is 0 Å². The number of para-hydroxylation sites is 1. The second-order valence-electron chi connectivity index (χ2n) is 9.09. The average Bonchev–Trinajstić information content (AvgIpc) is 3.36. The normalized spacial score (nSPS) is 20.3. The molecule has 3 aliphatic rings. The number of rotatable bonds is 4. The van der Waals surface area contributed by atoms with Crippen molar-refractivity contribution in [2.45, 2.75) is 42.9 Å². The summed E-state index contributed by atoms with van der Waals surface area (Å²) in [6.07, 6.45) is 6.18. The Bertz CT molecular complexity index is 1110. The first kappa shape index (κ1) is 22.2. The summed E-state index contributed by atoms with van der Waals surface area (Å²) in [5, 5.41) is 0. The van der Waals surface area contributed by atoms with Crippen LogP contribution in [0.15, 0.2) is 58.4 Å². The third-order valence-corrected chi connectivity index (χ3v) is 8.87. The smallest absolute Gasteiger partial charge is 0.266 e. The molecule has 1 saturated heterocycles. The van der Waals surface area contributed by atoms with Gasteiger partial charge in [0.25, 0.3) is 10.0 Å². The highest BCUT2D eigenvalue weighted by Gasteiger charge is 2.35. The molecule has 0 atom stereocenters. The lowest BCUT2D eigenvalue weighted by atomic mass is 9.84. The van der Waals surface area contributed by atoms with E-state index in [1.54, 1.807) is 24.3 Å². The van der Waals surface area contributed by atoms with Crippen LogP contribution in [-0.2, 0) is 10.0 Å². The highest BCUT2D eigenvalue weighted by Crippen LogP contribution is 2.33. The molecule has 0 aromatic heterocycles. The average molecular weight is 471 g/mol. The molecule has 2 heterocycles. The molecule has 2 aromatic carbocycles. The molecule has 0 radical (unpaired) electrons. The van der Waals surface area contributed by atoms with Crippen LogP contribution in [0.25, 0.3) is 0 Å². The Morgan fingerprint density at radius 1 is 0.818 bits per heavy atom. The van der Waals surface area contributed by atoms with Crippen molar-refractivity contribution in [1.29, 1.82) is 0 Å². The molecule has 2 aromatic rings. The third kappa shape index (κ3) is 4.45. The predicted molar refractivity (Wildman–Crippen MR) is 129 cm³/mol. The minimum atomic E-state index is -3.67. The Morgan fingerprint density at radius 3 is 2.18 bits per heavy atom. The molecule has 1 saturated carbocycles. The molecular formula is C25H31FN4O2S. The summed E-state index contributed by atoms with van der Waals surface area (Å²) in [5.41, 5.74) is 1.83. The van der Waals surface area contributed by atoms with E-state index in [9.17, 15) is 12.8 Å². The maximum atomic E-state index is 14.2. The van der Waals surface area contributed by atoms with Gasteiger partial charge in [0.2, 0.25) is 5.96 Å². The molecular weight excluding hydrogens is 439 g/mol. The molecule has 6 nitrogen and oxygen atoms in total. The molecule has 5 rings (SSSR count). The summed E-state index contributed by atoms with van der Waals surface area (Å²) in [6.45, 7) is 3.24. The van der Waals surface area contributed by atoms with Crippen LogP contribution in [-0.4, -0.2) is 62.9 Å². The fourth-order valence-corrected chi connectivity index (χ4v) is 6.68. The minimum Gasteiger partial charge on any atom is -0.366 e. The number of halogens is 1. The number of nitrogens with zero attached hydrogens (tertiary/aromatic N) is 4. The Labute approximate surface area is 195 Å². The van der Waals surface area contributed by atoms with Gasteiger partial charge in [0, 0.05) is 26.2 Å². The molecule has 2 aliphatic heterocycles. The number of piperazine rings is 1. The standard InChI is InChI=1S/C25H31FN4O2S/c26-23-8-4-5-9-24(23)28-16-18-29(19-17-28)25-27-14-15-30(25)33(31,32)22-12-10-21(11-13-22)20-6-2-1-3-7-20/h4-5,8-13,20H,1-3,6-7,14-19H2. The maximum absolute atomic E-state index is 14.2. The minimum absolute atomic E-state index is 0.231. The number of anilines is 1. The van der Waals surface area contributed by atoms with E-state index in [1.807, 2.05) is 28.0 Å². The van der Waals surface area contributed by atoms with Crippen molar-refractivity contribution in [3.63, 3.8) is 0 Å². The fourth-order valence-electron chi connectivity index (χ4n) is 5.24. The Balaban J connectivity index is 1.27. The van der Waals surface area contributed by atoms with Crippen molar-refractivity contribution in [2.75, 3.05) is 44.2 Å². The van der Waals surface area contributed by atoms with Crippen LogP contribution < -0.4 is 4.90 Å². The van der Waals surface area contributed by atoms with Gasteiger partial charge >= 0.3 is 0 Å². The van der Waals surface area contributed by atoms with E-state index in [-0.39, 0.29) is 5.82 Å². The van der Waals surface area contributed by atoms with E-state index in [0.717, 1.165) is 0 Å². The number of aliphatic imine (C=N–C) groups is 1. The van der Waals surface area contributed by atoms with Crippen molar-refractivity contribution >= 4 is 21.7 Å². The quantitative estimate of drug-likeness (QED) is 0.676. The topological polar surface area (TPSA) is 56.2 Å². The van der Waals surface area contributed by atoms with Crippen LogP contribution >= 0.6 is 0 Å². The summed E-state index contributed by atoms with van der Waals surface area (Å²) >= 11 is 0. The van der Waals surface area contributed by atoms with Gasteiger partial charge in [-0.1, -0.05) is 43.5 Å². The predicted octanol–water partition coefficient (Wildman–Crippen LogP) is 4.06. The van der Waals surface area contributed by atoms with Gasteiger partial charge in [-0.05, 0) is 48.6 Å².